The van der Waals surface area contributed by atoms with Gasteiger partial charge in [-0.25, -0.2) is 8.42 Å². The number of hydrogen-bond donors (Lipinski definition) is 2. The number of nitrogens with zero attached hydrogens (tertiary/aromatic N) is 2. The second-order valence-corrected chi connectivity index (χ2v) is 10.6. The van der Waals surface area contributed by atoms with Crippen molar-refractivity contribution < 1.29 is 13.2 Å². The summed E-state index contributed by atoms with van der Waals surface area (Å²) >= 11 is 0. The fraction of sp³-hybridized carbons (Fsp3) is 0.882. The summed E-state index contributed by atoms with van der Waals surface area (Å²) in [6.07, 6.45) is 1.79. The van der Waals surface area contributed by atoms with E-state index in [9.17, 15) is 13.2 Å². The maximum atomic E-state index is 12.1. The van der Waals surface area contributed by atoms with Crippen LogP contribution in [0.3, 0.4) is 0 Å². The van der Waals surface area contributed by atoms with Crippen LogP contribution in [-0.2, 0) is 14.6 Å². The van der Waals surface area contributed by atoms with E-state index < -0.39 is 9.84 Å². The standard InChI is InChI=1S/C17H36N4O3S/c1-9-18-15(21(7)12-14(22)20-16(2,3)4)19-13-17(5,6)10-11-25(8,23)24/h9-13H2,1-8H3,(H,18,19)(H,20,22). The second-order valence-electron chi connectivity index (χ2n) is 8.37. The summed E-state index contributed by atoms with van der Waals surface area (Å²) in [7, 11) is -1.17. The van der Waals surface area contributed by atoms with Crippen LogP contribution in [0.1, 0.15) is 48.0 Å². The number of hydrogen-bond acceptors (Lipinski definition) is 4. The predicted molar refractivity (Wildman–Crippen MR) is 105 cm³/mol. The quantitative estimate of drug-likeness (QED) is 0.492. The van der Waals surface area contributed by atoms with Crippen molar-refractivity contribution in [3.63, 3.8) is 0 Å². The summed E-state index contributed by atoms with van der Waals surface area (Å²) in [5.41, 5.74) is -0.515. The molecule has 0 saturated heterocycles. The number of carbonyl (C=O) groups excluding carboxylic acids is 1. The molecule has 0 aliphatic carbocycles. The Morgan fingerprint density at radius 1 is 1.16 bits per heavy atom. The van der Waals surface area contributed by atoms with Crippen molar-refractivity contribution in [2.45, 2.75) is 53.5 Å². The summed E-state index contributed by atoms with van der Waals surface area (Å²) in [5.74, 6) is 0.714. The molecule has 0 spiro atoms. The third-order valence-corrected chi connectivity index (χ3v) is 4.34. The third kappa shape index (κ3) is 12.7. The largest absolute Gasteiger partial charge is 0.357 e. The summed E-state index contributed by atoms with van der Waals surface area (Å²) < 4.78 is 22.7. The summed E-state index contributed by atoms with van der Waals surface area (Å²) in [6, 6.07) is 0. The molecule has 0 aromatic rings. The lowest BCUT2D eigenvalue weighted by molar-refractivity contribution is -0.122. The van der Waals surface area contributed by atoms with Gasteiger partial charge in [-0.3, -0.25) is 9.79 Å². The Morgan fingerprint density at radius 3 is 2.16 bits per heavy atom. The number of nitrogens with one attached hydrogen (secondary N) is 2. The van der Waals surface area contributed by atoms with Crippen LogP contribution in [-0.4, -0.2) is 69.4 Å². The van der Waals surface area contributed by atoms with Crippen molar-refractivity contribution in [2.75, 3.05) is 38.7 Å². The number of carbonyl (C=O) groups is 1. The SMILES string of the molecule is CCNC(=NCC(C)(C)CCS(C)(=O)=O)N(C)CC(=O)NC(C)(C)C. The number of amides is 1. The number of sulfone groups is 1. The minimum Gasteiger partial charge on any atom is -0.357 e. The molecule has 0 aliphatic heterocycles. The van der Waals surface area contributed by atoms with Crippen molar-refractivity contribution in [3.05, 3.63) is 0 Å². The molecular formula is C17H36N4O3S. The van der Waals surface area contributed by atoms with Gasteiger partial charge in [0.15, 0.2) is 5.96 Å². The smallest absolute Gasteiger partial charge is 0.240 e. The van der Waals surface area contributed by atoms with Gasteiger partial charge in [-0.1, -0.05) is 13.8 Å². The highest BCUT2D eigenvalue weighted by molar-refractivity contribution is 7.90. The van der Waals surface area contributed by atoms with Crippen LogP contribution in [0, 0.1) is 5.41 Å². The van der Waals surface area contributed by atoms with Crippen LogP contribution in [0.4, 0.5) is 0 Å². The molecule has 0 rings (SSSR count). The van der Waals surface area contributed by atoms with E-state index in [1.165, 1.54) is 6.26 Å². The zero-order valence-corrected chi connectivity index (χ0v) is 17.9. The lowest BCUT2D eigenvalue weighted by atomic mass is 9.90. The monoisotopic (exact) mass is 376 g/mol. The average molecular weight is 377 g/mol. The van der Waals surface area contributed by atoms with Gasteiger partial charge in [-0.05, 0) is 39.5 Å². The second kappa shape index (κ2) is 9.40. The molecule has 0 heterocycles. The van der Waals surface area contributed by atoms with Gasteiger partial charge in [0.2, 0.25) is 5.91 Å². The molecule has 0 radical (unpaired) electrons. The van der Waals surface area contributed by atoms with E-state index in [-0.39, 0.29) is 29.2 Å². The molecule has 25 heavy (non-hydrogen) atoms. The van der Waals surface area contributed by atoms with Crippen molar-refractivity contribution >= 4 is 21.7 Å². The Balaban J connectivity index is 4.90. The number of likely N-dealkylation sites (N-methyl/N-ethyl adjacent to an activating group) is 1. The molecule has 0 atom stereocenters. The topological polar surface area (TPSA) is 90.9 Å². The molecule has 7 nitrogen and oxygen atoms in total. The van der Waals surface area contributed by atoms with Crippen molar-refractivity contribution in [2.24, 2.45) is 10.4 Å². The fourth-order valence-electron chi connectivity index (χ4n) is 2.05. The van der Waals surface area contributed by atoms with Crippen LogP contribution in [0.25, 0.3) is 0 Å². The molecule has 8 heteroatoms. The first kappa shape index (κ1) is 23.7. The minimum absolute atomic E-state index is 0.0723. The molecule has 2 N–H and O–H groups in total. The van der Waals surface area contributed by atoms with E-state index in [4.69, 9.17) is 0 Å². The van der Waals surface area contributed by atoms with Crippen LogP contribution >= 0.6 is 0 Å². The third-order valence-electron chi connectivity index (χ3n) is 3.40. The number of guanidine groups is 1. The Morgan fingerprint density at radius 2 is 1.72 bits per heavy atom. The zero-order valence-electron chi connectivity index (χ0n) is 17.1. The van der Waals surface area contributed by atoms with Gasteiger partial charge in [0.25, 0.3) is 0 Å². The highest BCUT2D eigenvalue weighted by atomic mass is 32.2. The average Bonchev–Trinajstić information content (AvgIpc) is 2.38. The van der Waals surface area contributed by atoms with Crippen molar-refractivity contribution in [1.82, 2.24) is 15.5 Å². The van der Waals surface area contributed by atoms with Crippen LogP contribution in [0.5, 0.6) is 0 Å². The molecule has 1 amide bonds. The molecular weight excluding hydrogens is 340 g/mol. The highest BCUT2D eigenvalue weighted by Gasteiger charge is 2.21. The Kier molecular flexibility index (Phi) is 8.91. The molecule has 0 aromatic heterocycles. The van der Waals surface area contributed by atoms with E-state index in [1.54, 1.807) is 4.90 Å². The molecule has 0 bridgehead atoms. The van der Waals surface area contributed by atoms with Crippen LogP contribution in [0.2, 0.25) is 0 Å². The van der Waals surface area contributed by atoms with Gasteiger partial charge < -0.3 is 15.5 Å². The Hall–Kier alpha value is -1.31. The first-order valence-corrected chi connectivity index (χ1v) is 10.7. The van der Waals surface area contributed by atoms with Gasteiger partial charge in [0, 0.05) is 31.9 Å². The Bertz CT molecular complexity index is 563. The summed E-state index contributed by atoms with van der Waals surface area (Å²) in [4.78, 5) is 18.5. The minimum atomic E-state index is -2.98. The molecule has 0 aliphatic rings. The molecule has 148 valence electrons. The van der Waals surface area contributed by atoms with Gasteiger partial charge in [-0.15, -0.1) is 0 Å². The Labute approximate surface area is 153 Å². The maximum absolute atomic E-state index is 12.1. The highest BCUT2D eigenvalue weighted by Crippen LogP contribution is 2.21. The molecule has 0 fully saturated rings. The maximum Gasteiger partial charge on any atom is 0.240 e. The lowest BCUT2D eigenvalue weighted by Gasteiger charge is -2.27. The van der Waals surface area contributed by atoms with E-state index in [0.717, 1.165) is 0 Å². The first-order valence-electron chi connectivity index (χ1n) is 8.63. The van der Waals surface area contributed by atoms with E-state index in [0.29, 0.717) is 25.5 Å². The predicted octanol–water partition coefficient (Wildman–Crippen LogP) is 1.26. The van der Waals surface area contributed by atoms with Gasteiger partial charge in [0.05, 0.1) is 12.3 Å². The van der Waals surface area contributed by atoms with Gasteiger partial charge in [-0.2, -0.15) is 0 Å². The molecule has 0 unspecified atom stereocenters. The normalized spacial score (nSPS) is 13.5. The lowest BCUT2D eigenvalue weighted by Crippen LogP contribution is -2.49. The van der Waals surface area contributed by atoms with E-state index in [2.05, 4.69) is 15.6 Å². The fourth-order valence-corrected chi connectivity index (χ4v) is 2.97. The molecule has 0 aromatic carbocycles. The van der Waals surface area contributed by atoms with E-state index in [1.807, 2.05) is 48.6 Å². The molecule has 0 saturated carbocycles. The van der Waals surface area contributed by atoms with Crippen LogP contribution < -0.4 is 10.6 Å². The van der Waals surface area contributed by atoms with Crippen molar-refractivity contribution in [3.8, 4) is 0 Å². The van der Waals surface area contributed by atoms with Gasteiger partial charge >= 0.3 is 0 Å². The first-order chi connectivity index (χ1) is 11.2. The van der Waals surface area contributed by atoms with Crippen molar-refractivity contribution in [1.29, 1.82) is 0 Å². The van der Waals surface area contributed by atoms with Gasteiger partial charge in [0.1, 0.15) is 9.84 Å². The number of rotatable bonds is 8. The van der Waals surface area contributed by atoms with E-state index >= 15 is 0 Å². The zero-order chi connectivity index (χ0) is 19.9. The van der Waals surface area contributed by atoms with Crippen LogP contribution in [0.15, 0.2) is 4.99 Å². The summed E-state index contributed by atoms with van der Waals surface area (Å²) in [6.45, 7) is 13.1. The summed E-state index contributed by atoms with van der Waals surface area (Å²) in [5, 5.41) is 6.10. The number of aliphatic imine (C=N–C) groups is 1.